The second-order valence-electron chi connectivity index (χ2n) is 5.63. The van der Waals surface area contributed by atoms with E-state index in [4.69, 9.17) is 9.47 Å². The molecular formula is C16H30O5. The van der Waals surface area contributed by atoms with Gasteiger partial charge in [-0.3, -0.25) is 0 Å². The van der Waals surface area contributed by atoms with Crippen molar-refractivity contribution in [3.63, 3.8) is 0 Å². The second kappa shape index (κ2) is 11.2. The average molecular weight is 302 g/mol. The van der Waals surface area contributed by atoms with Gasteiger partial charge in [0.05, 0.1) is 19.8 Å². The maximum absolute atomic E-state index is 9.72. The molecule has 1 saturated heterocycles. The minimum atomic E-state index is -1.16. The number of hydrogen-bond acceptors (Lipinski definition) is 5. The smallest absolute Gasteiger partial charge is 0.111 e. The van der Waals surface area contributed by atoms with Gasteiger partial charge in [0.2, 0.25) is 0 Å². The zero-order valence-electron chi connectivity index (χ0n) is 13.0. The van der Waals surface area contributed by atoms with Crippen LogP contribution in [0.4, 0.5) is 0 Å². The molecule has 0 bridgehead atoms. The third-order valence-corrected chi connectivity index (χ3v) is 3.74. The number of aliphatic hydroxyl groups excluding tert-OH is 3. The standard InChI is InChI=1S/C16H30O5/c1-2-3-4-5-6-7-8-9-10-20-12-14-16(19)15(18)13(17)11-21-14/h8-9,13-19H,2-7,10-12H2,1H3/b9-8+/t13-,14+,15+,16+/m0/s1. The molecule has 0 radical (unpaired) electrons. The number of aliphatic hydroxyl groups is 3. The summed E-state index contributed by atoms with van der Waals surface area (Å²) in [6, 6.07) is 0. The van der Waals surface area contributed by atoms with Crippen molar-refractivity contribution in [2.24, 2.45) is 0 Å². The summed E-state index contributed by atoms with van der Waals surface area (Å²) < 4.78 is 10.7. The third-order valence-electron chi connectivity index (χ3n) is 3.74. The van der Waals surface area contributed by atoms with Crippen LogP contribution in [0.25, 0.3) is 0 Å². The SMILES string of the molecule is CCCCCCC/C=C/COC[C@H]1OC[C@H](O)[C@@H](O)[C@@H]1O. The lowest BCUT2D eigenvalue weighted by Gasteiger charge is -2.34. The quantitative estimate of drug-likeness (QED) is 0.420. The van der Waals surface area contributed by atoms with Crippen molar-refractivity contribution in [3.8, 4) is 0 Å². The van der Waals surface area contributed by atoms with Crippen LogP contribution in [0.3, 0.4) is 0 Å². The second-order valence-corrected chi connectivity index (χ2v) is 5.63. The molecular weight excluding hydrogens is 272 g/mol. The van der Waals surface area contributed by atoms with Crippen LogP contribution >= 0.6 is 0 Å². The molecule has 0 aromatic heterocycles. The number of hydrogen-bond donors (Lipinski definition) is 3. The third kappa shape index (κ3) is 7.38. The van der Waals surface area contributed by atoms with Gasteiger partial charge in [0.15, 0.2) is 0 Å². The Hall–Kier alpha value is -0.460. The van der Waals surface area contributed by atoms with Crippen molar-refractivity contribution in [2.45, 2.75) is 69.9 Å². The van der Waals surface area contributed by atoms with E-state index in [1.54, 1.807) is 0 Å². The van der Waals surface area contributed by atoms with Crippen LogP contribution in [-0.2, 0) is 9.47 Å². The van der Waals surface area contributed by atoms with Crippen molar-refractivity contribution in [1.29, 1.82) is 0 Å². The van der Waals surface area contributed by atoms with Crippen molar-refractivity contribution >= 4 is 0 Å². The molecule has 0 spiro atoms. The lowest BCUT2D eigenvalue weighted by Crippen LogP contribution is -2.54. The molecule has 0 unspecified atom stereocenters. The van der Waals surface area contributed by atoms with Crippen LogP contribution in [0.15, 0.2) is 12.2 Å². The summed E-state index contributed by atoms with van der Waals surface area (Å²) in [6.07, 6.45) is 7.68. The lowest BCUT2D eigenvalue weighted by atomic mass is 10.0. The van der Waals surface area contributed by atoms with Crippen molar-refractivity contribution in [3.05, 3.63) is 12.2 Å². The lowest BCUT2D eigenvalue weighted by molar-refractivity contribution is -0.198. The highest BCUT2D eigenvalue weighted by Crippen LogP contribution is 2.15. The van der Waals surface area contributed by atoms with Crippen LogP contribution in [0.5, 0.6) is 0 Å². The molecule has 1 rings (SSSR count). The van der Waals surface area contributed by atoms with Gasteiger partial charge in [-0.05, 0) is 12.8 Å². The summed E-state index contributed by atoms with van der Waals surface area (Å²) in [5, 5.41) is 28.6. The molecule has 1 fully saturated rings. The first-order valence-electron chi connectivity index (χ1n) is 8.05. The van der Waals surface area contributed by atoms with E-state index in [2.05, 4.69) is 13.0 Å². The Balaban J connectivity index is 2.01. The Labute approximate surface area is 127 Å². The topological polar surface area (TPSA) is 79.2 Å². The molecule has 5 nitrogen and oxygen atoms in total. The van der Waals surface area contributed by atoms with Crippen molar-refractivity contribution in [2.75, 3.05) is 19.8 Å². The molecule has 0 aromatic carbocycles. The van der Waals surface area contributed by atoms with Crippen LogP contribution in [-0.4, -0.2) is 59.6 Å². The van der Waals surface area contributed by atoms with Gasteiger partial charge >= 0.3 is 0 Å². The van der Waals surface area contributed by atoms with Gasteiger partial charge in [0, 0.05) is 0 Å². The van der Waals surface area contributed by atoms with Gasteiger partial charge in [-0.1, -0.05) is 44.8 Å². The summed E-state index contributed by atoms with van der Waals surface area (Å²) in [4.78, 5) is 0. The number of unbranched alkanes of at least 4 members (excludes halogenated alkanes) is 5. The molecule has 0 saturated carbocycles. The summed E-state index contributed by atoms with van der Waals surface area (Å²) in [5.74, 6) is 0. The van der Waals surface area contributed by atoms with E-state index >= 15 is 0 Å². The minimum Gasteiger partial charge on any atom is -0.388 e. The highest BCUT2D eigenvalue weighted by molar-refractivity contribution is 4.87. The van der Waals surface area contributed by atoms with Gasteiger partial charge in [0.25, 0.3) is 0 Å². The molecule has 1 aliphatic heterocycles. The van der Waals surface area contributed by atoms with E-state index in [-0.39, 0.29) is 13.2 Å². The average Bonchev–Trinajstić information content (AvgIpc) is 2.49. The Morgan fingerprint density at radius 1 is 1.05 bits per heavy atom. The van der Waals surface area contributed by atoms with E-state index in [1.165, 1.54) is 32.1 Å². The van der Waals surface area contributed by atoms with Crippen LogP contribution in [0.2, 0.25) is 0 Å². The van der Waals surface area contributed by atoms with E-state index in [0.29, 0.717) is 6.61 Å². The molecule has 21 heavy (non-hydrogen) atoms. The van der Waals surface area contributed by atoms with Gasteiger partial charge in [-0.15, -0.1) is 0 Å². The predicted octanol–water partition coefficient (Wildman–Crippen LogP) is 1.40. The van der Waals surface area contributed by atoms with Crippen molar-refractivity contribution < 1.29 is 24.8 Å². The molecule has 5 heteroatoms. The zero-order valence-corrected chi connectivity index (χ0v) is 13.0. The highest BCUT2D eigenvalue weighted by atomic mass is 16.6. The van der Waals surface area contributed by atoms with Gasteiger partial charge < -0.3 is 24.8 Å². The Morgan fingerprint density at radius 3 is 2.57 bits per heavy atom. The van der Waals surface area contributed by atoms with Gasteiger partial charge in [-0.2, -0.15) is 0 Å². The fourth-order valence-corrected chi connectivity index (χ4v) is 2.32. The maximum Gasteiger partial charge on any atom is 0.111 e. The summed E-state index contributed by atoms with van der Waals surface area (Å²) in [5.41, 5.74) is 0. The fourth-order valence-electron chi connectivity index (χ4n) is 2.32. The number of rotatable bonds is 10. The van der Waals surface area contributed by atoms with E-state index in [9.17, 15) is 15.3 Å². The highest BCUT2D eigenvalue weighted by Gasteiger charge is 2.37. The Morgan fingerprint density at radius 2 is 1.81 bits per heavy atom. The van der Waals surface area contributed by atoms with E-state index in [1.807, 2.05) is 6.08 Å². The largest absolute Gasteiger partial charge is 0.388 e. The Bertz CT molecular complexity index is 282. The van der Waals surface area contributed by atoms with E-state index < -0.39 is 24.4 Å². The molecule has 1 aliphatic rings. The van der Waals surface area contributed by atoms with Crippen LogP contribution in [0, 0.1) is 0 Å². The molecule has 0 aromatic rings. The fraction of sp³-hybridized carbons (Fsp3) is 0.875. The summed E-state index contributed by atoms with van der Waals surface area (Å²) in [6.45, 7) is 2.93. The predicted molar refractivity (Wildman–Crippen MR) is 81.1 cm³/mol. The first-order valence-corrected chi connectivity index (χ1v) is 8.05. The molecule has 124 valence electrons. The van der Waals surface area contributed by atoms with Crippen LogP contribution in [0.1, 0.15) is 45.4 Å². The maximum atomic E-state index is 9.72. The zero-order chi connectivity index (χ0) is 15.5. The monoisotopic (exact) mass is 302 g/mol. The van der Waals surface area contributed by atoms with Crippen molar-refractivity contribution in [1.82, 2.24) is 0 Å². The summed E-state index contributed by atoms with van der Waals surface area (Å²) in [7, 11) is 0. The molecule has 0 amide bonds. The molecule has 4 atom stereocenters. The van der Waals surface area contributed by atoms with Gasteiger partial charge in [0.1, 0.15) is 24.4 Å². The minimum absolute atomic E-state index is 0.0276. The van der Waals surface area contributed by atoms with Crippen LogP contribution < -0.4 is 0 Å². The summed E-state index contributed by atoms with van der Waals surface area (Å²) >= 11 is 0. The number of allylic oxidation sites excluding steroid dienone is 1. The number of ether oxygens (including phenoxy) is 2. The van der Waals surface area contributed by atoms with E-state index in [0.717, 1.165) is 6.42 Å². The molecule has 3 N–H and O–H groups in total. The molecule has 0 aliphatic carbocycles. The molecule has 1 heterocycles. The Kier molecular flexibility index (Phi) is 9.87. The normalized spacial score (nSPS) is 30.1. The van der Waals surface area contributed by atoms with Gasteiger partial charge in [-0.25, -0.2) is 0 Å². The first kappa shape index (κ1) is 18.6. The first-order chi connectivity index (χ1) is 10.2.